The SMILES string of the molecule is NC(=O)C1CCN(c2ccc3cccc(OCc4ccccc4)c3n2)CC1. The van der Waals surface area contributed by atoms with Crippen molar-refractivity contribution < 1.29 is 9.53 Å². The Hall–Kier alpha value is -3.08. The summed E-state index contributed by atoms with van der Waals surface area (Å²) in [5, 5.41) is 1.05. The zero-order valence-corrected chi connectivity index (χ0v) is 15.2. The average molecular weight is 361 g/mol. The van der Waals surface area contributed by atoms with Crippen LogP contribution in [0.3, 0.4) is 0 Å². The molecule has 0 atom stereocenters. The predicted octanol–water partition coefficient (Wildman–Crippen LogP) is 3.52. The van der Waals surface area contributed by atoms with Gasteiger partial charge in [0.15, 0.2) is 0 Å². The molecule has 0 bridgehead atoms. The lowest BCUT2D eigenvalue weighted by Gasteiger charge is -2.31. The molecule has 1 fully saturated rings. The molecule has 2 heterocycles. The van der Waals surface area contributed by atoms with Crippen LogP contribution in [-0.4, -0.2) is 24.0 Å². The largest absolute Gasteiger partial charge is 0.487 e. The molecule has 0 radical (unpaired) electrons. The van der Waals surface area contributed by atoms with Crippen molar-refractivity contribution in [2.24, 2.45) is 11.7 Å². The maximum atomic E-state index is 11.4. The second kappa shape index (κ2) is 7.66. The van der Waals surface area contributed by atoms with Crippen molar-refractivity contribution in [2.45, 2.75) is 19.4 Å². The second-order valence-corrected chi connectivity index (χ2v) is 6.94. The fourth-order valence-electron chi connectivity index (χ4n) is 3.53. The molecule has 1 aliphatic heterocycles. The number of nitrogens with two attached hydrogens (primary N) is 1. The van der Waals surface area contributed by atoms with Gasteiger partial charge in [0.05, 0.1) is 0 Å². The number of fused-ring (bicyclic) bond motifs is 1. The van der Waals surface area contributed by atoms with Crippen LogP contribution in [0, 0.1) is 5.92 Å². The molecular weight excluding hydrogens is 338 g/mol. The van der Waals surface area contributed by atoms with Crippen molar-refractivity contribution in [3.8, 4) is 5.75 Å². The Balaban J connectivity index is 1.55. The van der Waals surface area contributed by atoms with Gasteiger partial charge in [0.1, 0.15) is 23.7 Å². The molecular formula is C22H23N3O2. The van der Waals surface area contributed by atoms with E-state index in [-0.39, 0.29) is 11.8 Å². The smallest absolute Gasteiger partial charge is 0.220 e. The van der Waals surface area contributed by atoms with E-state index < -0.39 is 0 Å². The van der Waals surface area contributed by atoms with Gasteiger partial charge < -0.3 is 15.4 Å². The zero-order valence-electron chi connectivity index (χ0n) is 15.2. The summed E-state index contributed by atoms with van der Waals surface area (Å²) < 4.78 is 6.05. The molecule has 2 N–H and O–H groups in total. The van der Waals surface area contributed by atoms with Gasteiger partial charge in [-0.25, -0.2) is 4.98 Å². The molecule has 5 heteroatoms. The summed E-state index contributed by atoms with van der Waals surface area (Å²) in [7, 11) is 0. The number of ether oxygens (including phenoxy) is 1. The normalized spacial score (nSPS) is 15.0. The number of para-hydroxylation sites is 1. The van der Waals surface area contributed by atoms with Gasteiger partial charge in [0.2, 0.25) is 5.91 Å². The third-order valence-corrected chi connectivity index (χ3v) is 5.13. The van der Waals surface area contributed by atoms with E-state index in [2.05, 4.69) is 11.0 Å². The van der Waals surface area contributed by atoms with Crippen molar-refractivity contribution in [1.82, 2.24) is 4.98 Å². The van der Waals surface area contributed by atoms with E-state index in [1.54, 1.807) is 0 Å². The van der Waals surface area contributed by atoms with Crippen LogP contribution in [0.4, 0.5) is 5.82 Å². The Kier molecular flexibility index (Phi) is 4.92. The van der Waals surface area contributed by atoms with Crippen LogP contribution in [-0.2, 0) is 11.4 Å². The van der Waals surface area contributed by atoms with Gasteiger partial charge >= 0.3 is 0 Å². The summed E-state index contributed by atoms with van der Waals surface area (Å²) in [5.41, 5.74) is 7.43. The van der Waals surface area contributed by atoms with Gasteiger partial charge in [-0.05, 0) is 36.6 Å². The Morgan fingerprint density at radius 1 is 1.04 bits per heavy atom. The van der Waals surface area contributed by atoms with Crippen LogP contribution in [0.2, 0.25) is 0 Å². The monoisotopic (exact) mass is 361 g/mol. The fraction of sp³-hybridized carbons (Fsp3) is 0.273. The maximum Gasteiger partial charge on any atom is 0.220 e. The van der Waals surface area contributed by atoms with E-state index in [1.807, 2.05) is 54.6 Å². The number of hydrogen-bond acceptors (Lipinski definition) is 4. The lowest BCUT2D eigenvalue weighted by atomic mass is 9.96. The Morgan fingerprint density at radius 2 is 1.81 bits per heavy atom. The average Bonchev–Trinajstić information content (AvgIpc) is 2.72. The lowest BCUT2D eigenvalue weighted by molar-refractivity contribution is -0.122. The topological polar surface area (TPSA) is 68.5 Å². The summed E-state index contributed by atoms with van der Waals surface area (Å²) in [5.74, 6) is 1.48. The molecule has 1 aliphatic rings. The first kappa shape index (κ1) is 17.3. The number of piperidine rings is 1. The highest BCUT2D eigenvalue weighted by Gasteiger charge is 2.24. The lowest BCUT2D eigenvalue weighted by Crippen LogP contribution is -2.38. The molecule has 0 aliphatic carbocycles. The van der Waals surface area contributed by atoms with Crippen molar-refractivity contribution in [3.05, 3.63) is 66.2 Å². The third-order valence-electron chi connectivity index (χ3n) is 5.13. The molecule has 138 valence electrons. The number of anilines is 1. The molecule has 0 unspecified atom stereocenters. The van der Waals surface area contributed by atoms with Crippen molar-refractivity contribution in [3.63, 3.8) is 0 Å². The van der Waals surface area contributed by atoms with Crippen LogP contribution in [0.15, 0.2) is 60.7 Å². The quantitative estimate of drug-likeness (QED) is 0.755. The number of carbonyl (C=O) groups is 1. The Morgan fingerprint density at radius 3 is 2.56 bits per heavy atom. The predicted molar refractivity (Wildman–Crippen MR) is 107 cm³/mol. The van der Waals surface area contributed by atoms with E-state index >= 15 is 0 Å². The molecule has 1 saturated heterocycles. The molecule has 4 rings (SSSR count). The van der Waals surface area contributed by atoms with Crippen molar-refractivity contribution in [2.75, 3.05) is 18.0 Å². The molecule has 0 spiro atoms. The molecule has 0 saturated carbocycles. The number of pyridine rings is 1. The molecule has 3 aromatic rings. The number of primary amides is 1. The summed E-state index contributed by atoms with van der Waals surface area (Å²) in [4.78, 5) is 18.5. The molecule has 1 aromatic heterocycles. The van der Waals surface area contributed by atoms with E-state index in [0.29, 0.717) is 6.61 Å². The molecule has 5 nitrogen and oxygen atoms in total. The highest BCUT2D eigenvalue weighted by molar-refractivity contribution is 5.86. The van der Waals surface area contributed by atoms with E-state index in [1.165, 1.54) is 0 Å². The maximum absolute atomic E-state index is 11.4. The number of nitrogens with zero attached hydrogens (tertiary/aromatic N) is 2. The second-order valence-electron chi connectivity index (χ2n) is 6.94. The standard InChI is InChI=1S/C22H23N3O2/c23-22(26)18-11-13-25(14-12-18)20-10-9-17-7-4-8-19(21(17)24-20)27-15-16-5-2-1-3-6-16/h1-10,18H,11-15H2,(H2,23,26). The minimum Gasteiger partial charge on any atom is -0.487 e. The molecule has 27 heavy (non-hydrogen) atoms. The van der Waals surface area contributed by atoms with Gasteiger partial charge in [-0.2, -0.15) is 0 Å². The molecule has 2 aromatic carbocycles. The van der Waals surface area contributed by atoms with Crippen LogP contribution in [0.5, 0.6) is 5.75 Å². The summed E-state index contributed by atoms with van der Waals surface area (Å²) >= 11 is 0. The summed E-state index contributed by atoms with van der Waals surface area (Å²) in [6, 6.07) is 20.2. The van der Waals surface area contributed by atoms with Gasteiger partial charge in [0.25, 0.3) is 0 Å². The van der Waals surface area contributed by atoms with E-state index in [9.17, 15) is 4.79 Å². The number of rotatable bonds is 5. The summed E-state index contributed by atoms with van der Waals surface area (Å²) in [6.45, 7) is 2.09. The van der Waals surface area contributed by atoms with Crippen LogP contribution >= 0.6 is 0 Å². The van der Waals surface area contributed by atoms with E-state index in [4.69, 9.17) is 15.5 Å². The first-order chi connectivity index (χ1) is 13.2. The van der Waals surface area contributed by atoms with E-state index in [0.717, 1.165) is 54.0 Å². The Bertz CT molecular complexity index is 935. The first-order valence-electron chi connectivity index (χ1n) is 9.31. The first-order valence-corrected chi connectivity index (χ1v) is 9.31. The molecule has 1 amide bonds. The van der Waals surface area contributed by atoms with Crippen LogP contribution in [0.25, 0.3) is 10.9 Å². The number of carbonyl (C=O) groups excluding carboxylic acids is 1. The summed E-state index contributed by atoms with van der Waals surface area (Å²) in [6.07, 6.45) is 1.56. The number of benzene rings is 2. The van der Waals surface area contributed by atoms with Crippen molar-refractivity contribution in [1.29, 1.82) is 0 Å². The van der Waals surface area contributed by atoms with Gasteiger partial charge in [-0.15, -0.1) is 0 Å². The zero-order chi connectivity index (χ0) is 18.6. The number of amides is 1. The fourth-order valence-corrected chi connectivity index (χ4v) is 3.53. The Labute approximate surface area is 158 Å². The highest BCUT2D eigenvalue weighted by Crippen LogP contribution is 2.29. The van der Waals surface area contributed by atoms with Gasteiger partial charge in [-0.3, -0.25) is 4.79 Å². The number of hydrogen-bond donors (Lipinski definition) is 1. The van der Waals surface area contributed by atoms with Crippen LogP contribution in [0.1, 0.15) is 18.4 Å². The third kappa shape index (κ3) is 3.87. The van der Waals surface area contributed by atoms with Gasteiger partial charge in [0, 0.05) is 24.4 Å². The minimum absolute atomic E-state index is 0.0218. The van der Waals surface area contributed by atoms with Gasteiger partial charge in [-0.1, -0.05) is 42.5 Å². The highest BCUT2D eigenvalue weighted by atomic mass is 16.5. The number of aromatic nitrogens is 1. The minimum atomic E-state index is -0.197. The van der Waals surface area contributed by atoms with Crippen molar-refractivity contribution >= 4 is 22.6 Å². The van der Waals surface area contributed by atoms with Crippen LogP contribution < -0.4 is 15.4 Å².